The monoisotopic (exact) mass is 284 g/mol. The molecule has 2 aromatic rings. The fourth-order valence-corrected chi connectivity index (χ4v) is 1.87. The van der Waals surface area contributed by atoms with Gasteiger partial charge in [0, 0.05) is 5.56 Å². The first-order valence-electron chi connectivity index (χ1n) is 6.36. The maximum atomic E-state index is 12.2. The molecular formula is C15H16N4O2. The number of hydrazine groups is 2. The molecule has 0 bridgehead atoms. The molecule has 4 N–H and O–H groups in total. The minimum atomic E-state index is -0.652. The molecule has 0 saturated carbocycles. The Morgan fingerprint density at radius 1 is 1.00 bits per heavy atom. The summed E-state index contributed by atoms with van der Waals surface area (Å²) in [6.45, 7) is 1.84. The highest BCUT2D eigenvalue weighted by molar-refractivity contribution is 6.08. The molecule has 6 heteroatoms. The zero-order valence-corrected chi connectivity index (χ0v) is 11.5. The van der Waals surface area contributed by atoms with Crippen LogP contribution in [0.2, 0.25) is 0 Å². The average molecular weight is 284 g/mol. The van der Waals surface area contributed by atoms with E-state index >= 15 is 0 Å². The van der Waals surface area contributed by atoms with E-state index in [9.17, 15) is 9.59 Å². The summed E-state index contributed by atoms with van der Waals surface area (Å²) in [5.74, 6) is 4.90. The SMILES string of the molecule is Cc1ccccc1N(NN)C(=O)NC(=O)c1ccccc1. The van der Waals surface area contributed by atoms with E-state index in [1.165, 1.54) is 0 Å². The van der Waals surface area contributed by atoms with Crippen molar-refractivity contribution in [2.75, 3.05) is 5.01 Å². The lowest BCUT2D eigenvalue weighted by molar-refractivity contribution is 0.0965. The van der Waals surface area contributed by atoms with E-state index in [2.05, 4.69) is 10.9 Å². The van der Waals surface area contributed by atoms with Gasteiger partial charge in [0.2, 0.25) is 0 Å². The summed E-state index contributed by atoms with van der Waals surface area (Å²) in [5, 5.41) is 3.36. The van der Waals surface area contributed by atoms with Crippen LogP contribution < -0.4 is 21.7 Å². The maximum Gasteiger partial charge on any atom is 0.344 e. The zero-order chi connectivity index (χ0) is 15.2. The molecule has 0 spiro atoms. The van der Waals surface area contributed by atoms with Gasteiger partial charge in [-0.1, -0.05) is 36.4 Å². The quantitative estimate of drug-likeness (QED) is 0.591. The average Bonchev–Trinajstić information content (AvgIpc) is 2.50. The van der Waals surface area contributed by atoms with E-state index in [1.807, 2.05) is 19.1 Å². The van der Waals surface area contributed by atoms with Crippen molar-refractivity contribution < 1.29 is 9.59 Å². The van der Waals surface area contributed by atoms with Gasteiger partial charge in [0.1, 0.15) is 0 Å². The van der Waals surface area contributed by atoms with Crippen molar-refractivity contribution in [2.45, 2.75) is 6.92 Å². The van der Waals surface area contributed by atoms with Gasteiger partial charge >= 0.3 is 6.03 Å². The second-order valence-corrected chi connectivity index (χ2v) is 4.38. The molecule has 0 aliphatic heterocycles. The number of nitrogens with zero attached hydrogens (tertiary/aromatic N) is 1. The summed E-state index contributed by atoms with van der Waals surface area (Å²) >= 11 is 0. The van der Waals surface area contributed by atoms with E-state index in [4.69, 9.17) is 5.84 Å². The Bertz CT molecular complexity index is 643. The fraction of sp³-hybridized carbons (Fsp3) is 0.0667. The molecule has 6 nitrogen and oxygen atoms in total. The van der Waals surface area contributed by atoms with Gasteiger partial charge in [0.15, 0.2) is 0 Å². The molecule has 0 aromatic heterocycles. The van der Waals surface area contributed by atoms with Crippen LogP contribution in [0, 0.1) is 6.92 Å². The van der Waals surface area contributed by atoms with Crippen molar-refractivity contribution in [2.24, 2.45) is 5.84 Å². The number of para-hydroxylation sites is 1. The van der Waals surface area contributed by atoms with Crippen LogP contribution in [0.4, 0.5) is 10.5 Å². The molecule has 0 heterocycles. The molecule has 3 amide bonds. The minimum absolute atomic E-state index is 0.396. The van der Waals surface area contributed by atoms with Crippen molar-refractivity contribution in [3.63, 3.8) is 0 Å². The molecule has 0 aliphatic rings. The standard InChI is InChI=1S/C15H16N4O2/c1-11-7-5-6-10-13(11)19(18-16)15(21)17-14(20)12-8-3-2-4-9-12/h2-10,18H,16H2,1H3,(H,17,20,21). The summed E-state index contributed by atoms with van der Waals surface area (Å²) in [7, 11) is 0. The van der Waals surface area contributed by atoms with E-state index in [-0.39, 0.29) is 0 Å². The van der Waals surface area contributed by atoms with Gasteiger partial charge in [0.05, 0.1) is 5.69 Å². The lowest BCUT2D eigenvalue weighted by Gasteiger charge is -2.22. The van der Waals surface area contributed by atoms with Crippen LogP contribution in [-0.2, 0) is 0 Å². The molecule has 21 heavy (non-hydrogen) atoms. The van der Waals surface area contributed by atoms with Gasteiger partial charge in [-0.2, -0.15) is 5.53 Å². The molecule has 0 aliphatic carbocycles. The Labute approximate surface area is 122 Å². The van der Waals surface area contributed by atoms with Gasteiger partial charge in [-0.15, -0.1) is 0 Å². The number of aryl methyl sites for hydroxylation is 1. The predicted molar refractivity (Wildman–Crippen MR) is 80.3 cm³/mol. The van der Waals surface area contributed by atoms with Crippen molar-refractivity contribution >= 4 is 17.6 Å². The van der Waals surface area contributed by atoms with Crippen molar-refractivity contribution in [1.82, 2.24) is 10.9 Å². The molecule has 0 fully saturated rings. The number of urea groups is 1. The number of carbonyl (C=O) groups is 2. The first-order valence-corrected chi connectivity index (χ1v) is 6.36. The molecule has 2 rings (SSSR count). The summed E-state index contributed by atoms with van der Waals surface area (Å²) in [6, 6.07) is 15.0. The van der Waals surface area contributed by atoms with E-state index in [1.54, 1.807) is 42.5 Å². The van der Waals surface area contributed by atoms with Gasteiger partial charge in [0.25, 0.3) is 5.91 Å². The summed E-state index contributed by atoms with van der Waals surface area (Å²) in [6.07, 6.45) is 0. The van der Waals surface area contributed by atoms with Crippen molar-refractivity contribution in [3.8, 4) is 0 Å². The van der Waals surface area contributed by atoms with E-state index < -0.39 is 11.9 Å². The number of rotatable bonds is 3. The third kappa shape index (κ3) is 3.44. The summed E-state index contributed by atoms with van der Waals surface area (Å²) < 4.78 is 0. The molecule has 0 atom stereocenters. The van der Waals surface area contributed by atoms with Crippen LogP contribution >= 0.6 is 0 Å². The molecule has 108 valence electrons. The highest BCUT2D eigenvalue weighted by atomic mass is 16.2. The Kier molecular flexibility index (Phi) is 4.65. The van der Waals surface area contributed by atoms with Crippen LogP contribution in [-0.4, -0.2) is 11.9 Å². The van der Waals surface area contributed by atoms with Crippen LogP contribution in [0.1, 0.15) is 15.9 Å². The molecule has 0 radical (unpaired) electrons. The topological polar surface area (TPSA) is 87.5 Å². The van der Waals surface area contributed by atoms with Crippen LogP contribution in [0.15, 0.2) is 54.6 Å². The third-order valence-corrected chi connectivity index (χ3v) is 2.94. The van der Waals surface area contributed by atoms with E-state index in [0.29, 0.717) is 11.3 Å². The first-order chi connectivity index (χ1) is 10.1. The van der Waals surface area contributed by atoms with E-state index in [0.717, 1.165) is 10.6 Å². The number of hydrogen-bond donors (Lipinski definition) is 3. The number of benzene rings is 2. The zero-order valence-electron chi connectivity index (χ0n) is 11.5. The Balaban J connectivity index is 2.15. The third-order valence-electron chi connectivity index (χ3n) is 2.94. The molecular weight excluding hydrogens is 268 g/mol. The smallest absolute Gasteiger partial charge is 0.272 e. The second kappa shape index (κ2) is 6.65. The van der Waals surface area contributed by atoms with Gasteiger partial charge < -0.3 is 0 Å². The largest absolute Gasteiger partial charge is 0.344 e. The van der Waals surface area contributed by atoms with Gasteiger partial charge in [-0.3, -0.25) is 16.0 Å². The lowest BCUT2D eigenvalue weighted by Crippen LogP contribution is -2.53. The molecule has 0 saturated heterocycles. The second-order valence-electron chi connectivity index (χ2n) is 4.38. The molecule has 2 aromatic carbocycles. The van der Waals surface area contributed by atoms with Crippen molar-refractivity contribution in [1.29, 1.82) is 0 Å². The minimum Gasteiger partial charge on any atom is -0.272 e. The highest BCUT2D eigenvalue weighted by Gasteiger charge is 2.19. The number of carbonyl (C=O) groups excluding carboxylic acids is 2. The van der Waals surface area contributed by atoms with Crippen LogP contribution in [0.3, 0.4) is 0 Å². The number of imide groups is 1. The van der Waals surface area contributed by atoms with Gasteiger partial charge in [-0.25, -0.2) is 9.80 Å². The first kappa shape index (κ1) is 14.7. The summed E-state index contributed by atoms with van der Waals surface area (Å²) in [5.41, 5.74) is 4.09. The van der Waals surface area contributed by atoms with Crippen LogP contribution in [0.5, 0.6) is 0 Å². The number of hydrogen-bond acceptors (Lipinski definition) is 4. The fourth-order valence-electron chi connectivity index (χ4n) is 1.87. The predicted octanol–water partition coefficient (Wildman–Crippen LogP) is 1.73. The normalized spacial score (nSPS) is 10.0. The lowest BCUT2D eigenvalue weighted by atomic mass is 10.2. The number of nitrogens with one attached hydrogen (secondary N) is 2. The molecule has 0 unspecified atom stereocenters. The number of nitrogens with two attached hydrogens (primary N) is 1. The number of amides is 3. The Hall–Kier alpha value is -2.70. The number of anilines is 1. The van der Waals surface area contributed by atoms with Crippen molar-refractivity contribution in [3.05, 3.63) is 65.7 Å². The van der Waals surface area contributed by atoms with Gasteiger partial charge in [-0.05, 0) is 30.7 Å². The Morgan fingerprint density at radius 2 is 1.62 bits per heavy atom. The Morgan fingerprint density at radius 3 is 2.24 bits per heavy atom. The summed E-state index contributed by atoms with van der Waals surface area (Å²) in [4.78, 5) is 24.1. The highest BCUT2D eigenvalue weighted by Crippen LogP contribution is 2.17. The van der Waals surface area contributed by atoms with Crippen LogP contribution in [0.25, 0.3) is 0 Å². The maximum absolute atomic E-state index is 12.2.